The maximum Gasteiger partial charge on any atom is 0.227 e. The first-order valence-corrected chi connectivity index (χ1v) is 10.1. The van der Waals surface area contributed by atoms with Gasteiger partial charge in [0.15, 0.2) is 0 Å². The zero-order valence-corrected chi connectivity index (χ0v) is 17.2. The highest BCUT2D eigenvalue weighted by Crippen LogP contribution is 2.33. The number of amides is 1. The van der Waals surface area contributed by atoms with Gasteiger partial charge < -0.3 is 10.2 Å². The van der Waals surface area contributed by atoms with Gasteiger partial charge in [0.2, 0.25) is 5.91 Å². The Hall–Kier alpha value is -3.17. The van der Waals surface area contributed by atoms with Gasteiger partial charge >= 0.3 is 0 Å². The number of halogens is 2. The van der Waals surface area contributed by atoms with Gasteiger partial charge in [-0.1, -0.05) is 23.2 Å². The van der Waals surface area contributed by atoms with E-state index in [0.717, 1.165) is 22.2 Å². The smallest absolute Gasteiger partial charge is 0.227 e. The summed E-state index contributed by atoms with van der Waals surface area (Å²) in [5, 5.41) is 13.5. The summed E-state index contributed by atoms with van der Waals surface area (Å²) in [4.78, 5) is 19.2. The van der Waals surface area contributed by atoms with Crippen LogP contribution >= 0.6 is 11.6 Å². The Morgan fingerprint density at radius 1 is 1.27 bits per heavy atom. The summed E-state index contributed by atoms with van der Waals surface area (Å²) in [6, 6.07) is 12.4. The SMILES string of the molecule is Cc1ccc2ncc(C#N)c(N3CCC(C(=O)Nc4ccc(Cl)cc4F)CC3)c2c1. The number of rotatable bonds is 3. The van der Waals surface area contributed by atoms with Gasteiger partial charge in [0.25, 0.3) is 0 Å². The Labute approximate surface area is 179 Å². The standard InChI is InChI=1S/C23H20ClFN4O/c1-14-2-4-20-18(10-14)22(16(12-26)13-27-20)29-8-6-15(7-9-29)23(30)28-21-5-3-17(24)11-19(21)25/h2-5,10-11,13,15H,6-9H2,1H3,(H,28,30). The number of carbonyl (C=O) groups is 1. The topological polar surface area (TPSA) is 69.0 Å². The summed E-state index contributed by atoms with van der Waals surface area (Å²) in [6.07, 6.45) is 2.83. The van der Waals surface area contributed by atoms with Crippen LogP contribution in [0.5, 0.6) is 0 Å². The molecule has 1 N–H and O–H groups in total. The van der Waals surface area contributed by atoms with E-state index in [4.69, 9.17) is 11.6 Å². The Morgan fingerprint density at radius 3 is 2.73 bits per heavy atom. The molecule has 1 saturated heterocycles. The maximum absolute atomic E-state index is 14.0. The average molecular weight is 423 g/mol. The highest BCUT2D eigenvalue weighted by Gasteiger charge is 2.27. The van der Waals surface area contributed by atoms with Crippen molar-refractivity contribution in [3.63, 3.8) is 0 Å². The fourth-order valence-corrected chi connectivity index (χ4v) is 4.06. The highest BCUT2D eigenvalue weighted by atomic mass is 35.5. The van der Waals surface area contributed by atoms with Crippen LogP contribution in [0.2, 0.25) is 5.02 Å². The number of nitrogens with zero attached hydrogens (tertiary/aromatic N) is 3. The summed E-state index contributed by atoms with van der Waals surface area (Å²) in [7, 11) is 0. The normalized spacial score (nSPS) is 14.5. The largest absolute Gasteiger partial charge is 0.370 e. The van der Waals surface area contributed by atoms with E-state index in [1.165, 1.54) is 12.1 Å². The van der Waals surface area contributed by atoms with Crippen LogP contribution in [-0.2, 0) is 4.79 Å². The number of nitrogens with one attached hydrogen (secondary N) is 1. The number of aryl methyl sites for hydroxylation is 1. The number of fused-ring (bicyclic) bond motifs is 1. The van der Waals surface area contributed by atoms with Gasteiger partial charge in [0.1, 0.15) is 11.9 Å². The molecule has 1 aromatic heterocycles. The average Bonchev–Trinajstić information content (AvgIpc) is 2.75. The Bertz CT molecular complexity index is 1170. The number of hydrogen-bond acceptors (Lipinski definition) is 4. The molecule has 0 saturated carbocycles. The van der Waals surface area contributed by atoms with Gasteiger partial charge in [-0.25, -0.2) is 4.39 Å². The quantitative estimate of drug-likeness (QED) is 0.640. The van der Waals surface area contributed by atoms with Crippen molar-refractivity contribution in [2.45, 2.75) is 19.8 Å². The lowest BCUT2D eigenvalue weighted by Gasteiger charge is -2.34. The molecule has 0 unspecified atom stereocenters. The summed E-state index contributed by atoms with van der Waals surface area (Å²) in [5.41, 5.74) is 3.47. The van der Waals surface area contributed by atoms with Crippen molar-refractivity contribution in [2.75, 3.05) is 23.3 Å². The van der Waals surface area contributed by atoms with Crippen molar-refractivity contribution in [3.8, 4) is 6.07 Å². The molecule has 2 aromatic carbocycles. The van der Waals surface area contributed by atoms with Crippen LogP contribution in [0.3, 0.4) is 0 Å². The molecule has 1 aliphatic heterocycles. The van der Waals surface area contributed by atoms with Crippen LogP contribution < -0.4 is 10.2 Å². The third-order valence-electron chi connectivity index (χ3n) is 5.49. The molecule has 152 valence electrons. The number of benzene rings is 2. The number of aromatic nitrogens is 1. The minimum atomic E-state index is -0.550. The van der Waals surface area contributed by atoms with Gasteiger partial charge in [-0.2, -0.15) is 5.26 Å². The molecule has 30 heavy (non-hydrogen) atoms. The zero-order chi connectivity index (χ0) is 21.3. The molecule has 0 atom stereocenters. The number of anilines is 2. The number of nitriles is 1. The van der Waals surface area contributed by atoms with Crippen LogP contribution in [0.4, 0.5) is 15.8 Å². The second-order valence-electron chi connectivity index (χ2n) is 7.53. The third-order valence-corrected chi connectivity index (χ3v) is 5.72. The van der Waals surface area contributed by atoms with E-state index < -0.39 is 5.82 Å². The van der Waals surface area contributed by atoms with Gasteiger partial charge in [0, 0.05) is 35.6 Å². The molecular weight excluding hydrogens is 403 g/mol. The molecule has 1 amide bonds. The second kappa shape index (κ2) is 8.29. The van der Waals surface area contributed by atoms with Crippen molar-refractivity contribution >= 4 is 39.8 Å². The van der Waals surface area contributed by atoms with Crippen molar-refractivity contribution in [1.29, 1.82) is 5.26 Å². The van der Waals surface area contributed by atoms with Crippen LogP contribution in [-0.4, -0.2) is 24.0 Å². The molecular formula is C23H20ClFN4O. The van der Waals surface area contributed by atoms with Crippen LogP contribution in [0.15, 0.2) is 42.6 Å². The van der Waals surface area contributed by atoms with E-state index in [9.17, 15) is 14.4 Å². The molecule has 0 bridgehead atoms. The van der Waals surface area contributed by atoms with Gasteiger partial charge in [-0.05, 0) is 50.1 Å². The lowest BCUT2D eigenvalue weighted by molar-refractivity contribution is -0.120. The molecule has 0 radical (unpaired) electrons. The monoisotopic (exact) mass is 422 g/mol. The van der Waals surface area contributed by atoms with Crippen LogP contribution in [0, 0.1) is 30.0 Å². The van der Waals surface area contributed by atoms with Crippen molar-refractivity contribution in [1.82, 2.24) is 4.98 Å². The van der Waals surface area contributed by atoms with Crippen molar-refractivity contribution in [2.24, 2.45) is 5.92 Å². The molecule has 0 aliphatic carbocycles. The second-order valence-corrected chi connectivity index (χ2v) is 7.96. The molecule has 1 aliphatic rings. The summed E-state index contributed by atoms with van der Waals surface area (Å²) in [5.74, 6) is -0.978. The van der Waals surface area contributed by atoms with Gasteiger partial charge in [0.05, 0.1) is 22.5 Å². The number of piperidine rings is 1. The lowest BCUT2D eigenvalue weighted by atomic mass is 9.94. The predicted octanol–water partition coefficient (Wildman–Crippen LogP) is 5.06. The molecule has 0 spiro atoms. The van der Waals surface area contributed by atoms with Crippen molar-refractivity contribution in [3.05, 3.63) is 64.6 Å². The van der Waals surface area contributed by atoms with Crippen molar-refractivity contribution < 1.29 is 9.18 Å². The lowest BCUT2D eigenvalue weighted by Crippen LogP contribution is -2.38. The molecule has 5 nitrogen and oxygen atoms in total. The molecule has 1 fully saturated rings. The number of hydrogen-bond donors (Lipinski definition) is 1. The number of pyridine rings is 1. The zero-order valence-electron chi connectivity index (χ0n) is 16.5. The Kier molecular flexibility index (Phi) is 5.56. The molecule has 4 rings (SSSR count). The van der Waals surface area contributed by atoms with E-state index >= 15 is 0 Å². The number of carbonyl (C=O) groups excluding carboxylic acids is 1. The van der Waals surface area contributed by atoms with E-state index in [0.29, 0.717) is 31.5 Å². The molecule has 7 heteroatoms. The van der Waals surface area contributed by atoms with Crippen LogP contribution in [0.1, 0.15) is 24.0 Å². The first-order valence-electron chi connectivity index (χ1n) is 9.76. The van der Waals surface area contributed by atoms with E-state index in [1.54, 1.807) is 12.3 Å². The molecule has 2 heterocycles. The molecule has 3 aromatic rings. The van der Waals surface area contributed by atoms with E-state index in [2.05, 4.69) is 21.3 Å². The van der Waals surface area contributed by atoms with Crippen LogP contribution in [0.25, 0.3) is 10.9 Å². The van der Waals surface area contributed by atoms with Gasteiger partial charge in [-0.15, -0.1) is 0 Å². The Balaban J connectivity index is 1.52. The fourth-order valence-electron chi connectivity index (χ4n) is 3.91. The summed E-state index contributed by atoms with van der Waals surface area (Å²) >= 11 is 5.77. The van der Waals surface area contributed by atoms with E-state index in [1.807, 2.05) is 25.1 Å². The van der Waals surface area contributed by atoms with Gasteiger partial charge in [-0.3, -0.25) is 9.78 Å². The first-order chi connectivity index (χ1) is 14.5. The maximum atomic E-state index is 14.0. The fraction of sp³-hybridized carbons (Fsp3) is 0.261. The highest BCUT2D eigenvalue weighted by molar-refractivity contribution is 6.30. The predicted molar refractivity (Wildman–Crippen MR) is 116 cm³/mol. The van der Waals surface area contributed by atoms with E-state index in [-0.39, 0.29) is 22.5 Å². The Morgan fingerprint density at radius 2 is 2.03 bits per heavy atom. The first kappa shape index (κ1) is 20.1. The third kappa shape index (κ3) is 3.94. The summed E-state index contributed by atoms with van der Waals surface area (Å²) < 4.78 is 14.0. The summed E-state index contributed by atoms with van der Waals surface area (Å²) in [6.45, 7) is 3.26. The minimum Gasteiger partial charge on any atom is -0.370 e. The minimum absolute atomic E-state index is 0.134.